The average Bonchev–Trinajstić information content (AvgIpc) is 2.70. The zero-order valence-corrected chi connectivity index (χ0v) is 10.9. The number of benzene rings is 1. The van der Waals surface area contributed by atoms with E-state index < -0.39 is 0 Å². The highest BCUT2D eigenvalue weighted by molar-refractivity contribution is 5.80. The van der Waals surface area contributed by atoms with Crippen molar-refractivity contribution >= 4 is 5.91 Å². The number of carbonyl (C=O) groups excluding carboxylic acids is 1. The molecule has 1 saturated heterocycles. The van der Waals surface area contributed by atoms with Crippen LogP contribution in [-0.2, 0) is 4.79 Å². The molecule has 2 heteroatoms. The highest BCUT2D eigenvalue weighted by atomic mass is 16.2. The molecule has 1 aromatic rings. The van der Waals surface area contributed by atoms with Crippen molar-refractivity contribution in [3.63, 3.8) is 0 Å². The van der Waals surface area contributed by atoms with Crippen LogP contribution in [-0.4, -0.2) is 11.9 Å². The molecule has 1 fully saturated rings. The van der Waals surface area contributed by atoms with E-state index >= 15 is 0 Å². The summed E-state index contributed by atoms with van der Waals surface area (Å²) in [7, 11) is 0. The molecule has 0 radical (unpaired) electrons. The van der Waals surface area contributed by atoms with E-state index in [1.165, 1.54) is 11.1 Å². The lowest BCUT2D eigenvalue weighted by molar-refractivity contribution is -0.119. The van der Waals surface area contributed by atoms with Gasteiger partial charge in [-0.2, -0.15) is 0 Å². The summed E-state index contributed by atoms with van der Waals surface area (Å²) in [5.74, 6) is 1.11. The van der Waals surface area contributed by atoms with Gasteiger partial charge in [0.15, 0.2) is 0 Å². The molecule has 0 saturated carbocycles. The second kappa shape index (κ2) is 4.91. The van der Waals surface area contributed by atoms with Crippen molar-refractivity contribution in [2.75, 3.05) is 0 Å². The third-order valence-corrected chi connectivity index (χ3v) is 3.71. The van der Waals surface area contributed by atoms with Gasteiger partial charge in [-0.15, -0.1) is 0 Å². The van der Waals surface area contributed by atoms with E-state index in [4.69, 9.17) is 0 Å². The SMILES string of the molecule is CCC1NC(=O)CC1c1ccc(C(C)C)cc1. The second-order valence-corrected chi connectivity index (χ2v) is 5.21. The van der Waals surface area contributed by atoms with Crippen molar-refractivity contribution in [2.45, 2.75) is 51.5 Å². The van der Waals surface area contributed by atoms with Crippen molar-refractivity contribution in [2.24, 2.45) is 0 Å². The normalized spacial score (nSPS) is 24.1. The minimum Gasteiger partial charge on any atom is -0.353 e. The van der Waals surface area contributed by atoms with E-state index in [0.29, 0.717) is 24.3 Å². The van der Waals surface area contributed by atoms with Crippen LogP contribution in [0.3, 0.4) is 0 Å². The van der Waals surface area contributed by atoms with E-state index in [1.54, 1.807) is 0 Å². The molecule has 2 unspecified atom stereocenters. The molecular weight excluding hydrogens is 210 g/mol. The van der Waals surface area contributed by atoms with Gasteiger partial charge in [0.2, 0.25) is 5.91 Å². The Morgan fingerprint density at radius 1 is 1.29 bits per heavy atom. The van der Waals surface area contributed by atoms with Crippen LogP contribution in [0.1, 0.15) is 56.6 Å². The van der Waals surface area contributed by atoms with Gasteiger partial charge < -0.3 is 5.32 Å². The summed E-state index contributed by atoms with van der Waals surface area (Å²) >= 11 is 0. The third kappa shape index (κ3) is 2.51. The Bertz CT molecular complexity index is 394. The first-order valence-corrected chi connectivity index (χ1v) is 6.51. The molecule has 0 aliphatic carbocycles. The predicted molar refractivity (Wildman–Crippen MR) is 70.1 cm³/mol. The zero-order chi connectivity index (χ0) is 12.4. The van der Waals surface area contributed by atoms with E-state index in [1.807, 2.05) is 0 Å². The molecule has 2 atom stereocenters. The van der Waals surface area contributed by atoms with E-state index in [2.05, 4.69) is 50.4 Å². The molecule has 92 valence electrons. The lowest BCUT2D eigenvalue weighted by atomic mass is 9.89. The van der Waals surface area contributed by atoms with Crippen LogP contribution in [0.2, 0.25) is 0 Å². The number of nitrogens with one attached hydrogen (secondary N) is 1. The standard InChI is InChI=1S/C15H21NO/c1-4-14-13(9-15(17)16-14)12-7-5-11(6-8-12)10(2)3/h5-8,10,13-14H,4,9H2,1-3H3,(H,16,17). The van der Waals surface area contributed by atoms with Gasteiger partial charge >= 0.3 is 0 Å². The smallest absolute Gasteiger partial charge is 0.220 e. The summed E-state index contributed by atoms with van der Waals surface area (Å²) < 4.78 is 0. The molecular formula is C15H21NO. The second-order valence-electron chi connectivity index (χ2n) is 5.21. The van der Waals surface area contributed by atoms with Gasteiger partial charge in [-0.3, -0.25) is 4.79 Å². The lowest BCUT2D eigenvalue weighted by Gasteiger charge is -2.18. The molecule has 17 heavy (non-hydrogen) atoms. The van der Waals surface area contributed by atoms with E-state index in [-0.39, 0.29) is 5.91 Å². The molecule has 1 amide bonds. The molecule has 2 rings (SSSR count). The minimum atomic E-state index is 0.190. The maximum absolute atomic E-state index is 11.5. The fourth-order valence-electron chi connectivity index (χ4n) is 2.57. The Kier molecular flexibility index (Phi) is 3.51. The van der Waals surface area contributed by atoms with Crippen molar-refractivity contribution in [1.82, 2.24) is 5.32 Å². The van der Waals surface area contributed by atoms with Crippen LogP contribution in [0, 0.1) is 0 Å². The first kappa shape index (κ1) is 12.2. The fourth-order valence-corrected chi connectivity index (χ4v) is 2.57. The third-order valence-electron chi connectivity index (χ3n) is 3.71. The molecule has 1 aromatic carbocycles. The quantitative estimate of drug-likeness (QED) is 0.850. The van der Waals surface area contributed by atoms with Gasteiger partial charge in [-0.1, -0.05) is 45.0 Å². The first-order chi connectivity index (χ1) is 8.11. The van der Waals surface area contributed by atoms with Crippen molar-refractivity contribution < 1.29 is 4.79 Å². The van der Waals surface area contributed by atoms with Gasteiger partial charge in [-0.25, -0.2) is 0 Å². The van der Waals surface area contributed by atoms with E-state index in [0.717, 1.165) is 6.42 Å². The van der Waals surface area contributed by atoms with Crippen molar-refractivity contribution in [3.8, 4) is 0 Å². The molecule has 0 aromatic heterocycles. The fraction of sp³-hybridized carbons (Fsp3) is 0.533. The summed E-state index contributed by atoms with van der Waals surface area (Å²) in [6.45, 7) is 6.53. The molecule has 1 heterocycles. The average molecular weight is 231 g/mol. The maximum Gasteiger partial charge on any atom is 0.220 e. The van der Waals surface area contributed by atoms with Gasteiger partial charge in [0.25, 0.3) is 0 Å². The Morgan fingerprint density at radius 3 is 2.47 bits per heavy atom. The van der Waals surface area contributed by atoms with E-state index in [9.17, 15) is 4.79 Å². The van der Waals surface area contributed by atoms with Crippen LogP contribution in [0.5, 0.6) is 0 Å². The summed E-state index contributed by atoms with van der Waals surface area (Å²) in [4.78, 5) is 11.5. The number of hydrogen-bond donors (Lipinski definition) is 1. The summed E-state index contributed by atoms with van der Waals surface area (Å²) in [5.41, 5.74) is 2.65. The maximum atomic E-state index is 11.5. The van der Waals surface area contributed by atoms with Crippen molar-refractivity contribution in [1.29, 1.82) is 0 Å². The summed E-state index contributed by atoms with van der Waals surface area (Å²) in [6, 6.07) is 9.06. The number of carbonyl (C=O) groups is 1. The largest absolute Gasteiger partial charge is 0.353 e. The molecule has 0 spiro atoms. The van der Waals surface area contributed by atoms with Crippen LogP contribution in [0.25, 0.3) is 0 Å². The highest BCUT2D eigenvalue weighted by Crippen LogP contribution is 2.30. The molecule has 2 nitrogen and oxygen atoms in total. The summed E-state index contributed by atoms with van der Waals surface area (Å²) in [5, 5.41) is 3.05. The molecule has 1 aliphatic rings. The molecule has 1 N–H and O–H groups in total. The van der Waals surface area contributed by atoms with Crippen LogP contribution in [0.15, 0.2) is 24.3 Å². The Morgan fingerprint density at radius 2 is 1.94 bits per heavy atom. The van der Waals surface area contributed by atoms with Crippen LogP contribution in [0.4, 0.5) is 0 Å². The van der Waals surface area contributed by atoms with Crippen LogP contribution < -0.4 is 5.32 Å². The lowest BCUT2D eigenvalue weighted by Crippen LogP contribution is -2.27. The Hall–Kier alpha value is -1.31. The van der Waals surface area contributed by atoms with Crippen molar-refractivity contribution in [3.05, 3.63) is 35.4 Å². The Labute approximate surface area is 103 Å². The topological polar surface area (TPSA) is 29.1 Å². The van der Waals surface area contributed by atoms with Gasteiger partial charge in [-0.05, 0) is 23.5 Å². The number of amides is 1. The van der Waals surface area contributed by atoms with Gasteiger partial charge in [0.05, 0.1) is 0 Å². The summed E-state index contributed by atoms with van der Waals surface area (Å²) in [6.07, 6.45) is 1.64. The molecule has 0 bridgehead atoms. The minimum absolute atomic E-state index is 0.190. The van der Waals surface area contributed by atoms with Gasteiger partial charge in [0.1, 0.15) is 0 Å². The number of rotatable bonds is 3. The first-order valence-electron chi connectivity index (χ1n) is 6.51. The number of hydrogen-bond acceptors (Lipinski definition) is 1. The monoisotopic (exact) mass is 231 g/mol. The van der Waals surface area contributed by atoms with Crippen LogP contribution >= 0.6 is 0 Å². The zero-order valence-electron chi connectivity index (χ0n) is 10.9. The Balaban J connectivity index is 2.19. The highest BCUT2D eigenvalue weighted by Gasteiger charge is 2.31. The predicted octanol–water partition coefficient (Wildman–Crippen LogP) is 3.19. The molecule has 1 aliphatic heterocycles. The van der Waals surface area contributed by atoms with Gasteiger partial charge in [0, 0.05) is 18.4 Å².